The van der Waals surface area contributed by atoms with Crippen molar-refractivity contribution in [3.8, 4) is 0 Å². The number of rotatable bonds is 4. The summed E-state index contributed by atoms with van der Waals surface area (Å²) in [6, 6.07) is 12.1. The monoisotopic (exact) mass is 475 g/mol. The Bertz CT molecular complexity index is 1140. The van der Waals surface area contributed by atoms with Crippen molar-refractivity contribution in [3.63, 3.8) is 0 Å². The maximum absolute atomic E-state index is 13.0. The third kappa shape index (κ3) is 4.27. The van der Waals surface area contributed by atoms with Gasteiger partial charge in [0.25, 0.3) is 0 Å². The summed E-state index contributed by atoms with van der Waals surface area (Å²) in [6.45, 7) is 5.26. The molecule has 2 aromatic carbocycles. The molecule has 4 rings (SSSR count). The minimum absolute atomic E-state index is 0.211. The summed E-state index contributed by atoms with van der Waals surface area (Å²) in [6.07, 6.45) is 0.446. The summed E-state index contributed by atoms with van der Waals surface area (Å²) in [5, 5.41) is 0.585. The highest BCUT2D eigenvalue weighted by molar-refractivity contribution is 7.89. The van der Waals surface area contributed by atoms with Crippen molar-refractivity contribution in [2.24, 2.45) is 5.92 Å². The van der Waals surface area contributed by atoms with Crippen molar-refractivity contribution in [1.82, 2.24) is 9.21 Å². The molecule has 0 aliphatic carbocycles. The van der Waals surface area contributed by atoms with Crippen LogP contribution in [0.25, 0.3) is 0 Å². The summed E-state index contributed by atoms with van der Waals surface area (Å²) < 4.78 is 27.4. The van der Waals surface area contributed by atoms with Crippen LogP contribution in [0.1, 0.15) is 17.5 Å². The van der Waals surface area contributed by atoms with Gasteiger partial charge in [-0.1, -0.05) is 17.7 Å². The van der Waals surface area contributed by atoms with Crippen LogP contribution in [0, 0.1) is 19.8 Å². The van der Waals surface area contributed by atoms with Crippen LogP contribution in [0.5, 0.6) is 0 Å². The van der Waals surface area contributed by atoms with Gasteiger partial charge in [0, 0.05) is 43.4 Å². The molecule has 2 aromatic rings. The average Bonchev–Trinajstić information content (AvgIpc) is 3.17. The van der Waals surface area contributed by atoms with E-state index in [2.05, 4.69) is 0 Å². The van der Waals surface area contributed by atoms with Gasteiger partial charge in [-0.3, -0.25) is 9.59 Å². The van der Waals surface area contributed by atoms with Gasteiger partial charge < -0.3 is 9.80 Å². The van der Waals surface area contributed by atoms with Gasteiger partial charge in [-0.2, -0.15) is 4.31 Å². The van der Waals surface area contributed by atoms with E-state index in [-0.39, 0.29) is 42.9 Å². The molecule has 0 N–H and O–H groups in total. The van der Waals surface area contributed by atoms with E-state index in [4.69, 9.17) is 11.6 Å². The fourth-order valence-corrected chi connectivity index (χ4v) is 5.81. The van der Waals surface area contributed by atoms with E-state index in [1.54, 1.807) is 52.3 Å². The van der Waals surface area contributed by atoms with Crippen LogP contribution in [-0.2, 0) is 19.6 Å². The number of piperazine rings is 1. The zero-order valence-electron chi connectivity index (χ0n) is 18.1. The molecule has 0 radical (unpaired) electrons. The minimum atomic E-state index is -3.62. The second-order valence-electron chi connectivity index (χ2n) is 8.28. The quantitative estimate of drug-likeness (QED) is 0.637. The SMILES string of the molecule is Cc1ccc(S(=O)(=O)N2CCN(C(=O)C3CCN(c4ccc(Cl)cc4)C3=O)CC2)cc1C. The van der Waals surface area contributed by atoms with E-state index < -0.39 is 15.9 Å². The number of anilines is 1. The Morgan fingerprint density at radius 3 is 2.22 bits per heavy atom. The molecule has 9 heteroatoms. The molecule has 32 heavy (non-hydrogen) atoms. The first kappa shape index (κ1) is 22.8. The number of nitrogens with zero attached hydrogens (tertiary/aromatic N) is 3. The molecular weight excluding hydrogens is 450 g/mol. The van der Waals surface area contributed by atoms with Crippen molar-refractivity contribution < 1.29 is 18.0 Å². The molecule has 2 aliphatic heterocycles. The third-order valence-corrected chi connectivity index (χ3v) is 8.45. The van der Waals surface area contributed by atoms with E-state index in [1.807, 2.05) is 13.8 Å². The molecule has 0 spiro atoms. The number of aryl methyl sites for hydroxylation is 2. The van der Waals surface area contributed by atoms with Crippen molar-refractivity contribution in [2.45, 2.75) is 25.2 Å². The summed E-state index contributed by atoms with van der Waals surface area (Å²) >= 11 is 5.92. The summed E-state index contributed by atoms with van der Waals surface area (Å²) in [5.74, 6) is -1.18. The molecular formula is C23H26ClN3O4S. The molecule has 1 unspecified atom stereocenters. The first-order valence-electron chi connectivity index (χ1n) is 10.6. The fourth-order valence-electron chi connectivity index (χ4n) is 4.18. The van der Waals surface area contributed by atoms with E-state index >= 15 is 0 Å². The van der Waals surface area contributed by atoms with Crippen LogP contribution in [0.4, 0.5) is 5.69 Å². The lowest BCUT2D eigenvalue weighted by Crippen LogP contribution is -2.52. The highest BCUT2D eigenvalue weighted by atomic mass is 35.5. The number of benzene rings is 2. The van der Waals surface area contributed by atoms with Crippen LogP contribution >= 0.6 is 11.6 Å². The molecule has 7 nitrogen and oxygen atoms in total. The minimum Gasteiger partial charge on any atom is -0.339 e. The Morgan fingerprint density at radius 1 is 0.938 bits per heavy atom. The van der Waals surface area contributed by atoms with Gasteiger partial charge >= 0.3 is 0 Å². The molecule has 2 saturated heterocycles. The number of hydrogen-bond acceptors (Lipinski definition) is 4. The first-order chi connectivity index (χ1) is 15.2. The predicted octanol–water partition coefficient (Wildman–Crippen LogP) is 2.84. The van der Waals surface area contributed by atoms with Crippen molar-refractivity contribution >= 4 is 39.1 Å². The van der Waals surface area contributed by atoms with Gasteiger partial charge in [0.1, 0.15) is 5.92 Å². The lowest BCUT2D eigenvalue weighted by Gasteiger charge is -2.35. The molecule has 2 fully saturated rings. The van der Waals surface area contributed by atoms with Crippen molar-refractivity contribution in [3.05, 3.63) is 58.6 Å². The molecule has 0 aromatic heterocycles. The van der Waals surface area contributed by atoms with Crippen LogP contribution < -0.4 is 4.90 Å². The van der Waals surface area contributed by atoms with Crippen molar-refractivity contribution in [2.75, 3.05) is 37.6 Å². The second-order valence-corrected chi connectivity index (χ2v) is 10.7. The highest BCUT2D eigenvalue weighted by Crippen LogP contribution is 2.28. The van der Waals surface area contributed by atoms with Gasteiger partial charge in [0.2, 0.25) is 21.8 Å². The number of carbonyl (C=O) groups excluding carboxylic acids is 2. The molecule has 0 saturated carbocycles. The average molecular weight is 476 g/mol. The topological polar surface area (TPSA) is 78.0 Å². The van der Waals surface area contributed by atoms with Gasteiger partial charge in [-0.05, 0) is 67.8 Å². The molecule has 2 aliphatic rings. The lowest BCUT2D eigenvalue weighted by atomic mass is 10.1. The smallest absolute Gasteiger partial charge is 0.243 e. The van der Waals surface area contributed by atoms with E-state index in [1.165, 1.54) is 4.31 Å². The zero-order chi connectivity index (χ0) is 23.0. The van der Waals surface area contributed by atoms with Crippen LogP contribution in [-0.4, -0.2) is 62.2 Å². The molecule has 170 valence electrons. The van der Waals surface area contributed by atoms with Gasteiger partial charge in [0.05, 0.1) is 4.90 Å². The van der Waals surface area contributed by atoms with Crippen molar-refractivity contribution in [1.29, 1.82) is 0 Å². The number of carbonyl (C=O) groups is 2. The van der Waals surface area contributed by atoms with E-state index in [0.29, 0.717) is 18.0 Å². The molecule has 2 amide bonds. The lowest BCUT2D eigenvalue weighted by molar-refractivity contribution is -0.140. The molecule has 2 heterocycles. The molecule has 1 atom stereocenters. The first-order valence-corrected chi connectivity index (χ1v) is 12.4. The zero-order valence-corrected chi connectivity index (χ0v) is 19.7. The Morgan fingerprint density at radius 2 is 1.59 bits per heavy atom. The van der Waals surface area contributed by atoms with Gasteiger partial charge in [0.15, 0.2) is 0 Å². The second kappa shape index (κ2) is 8.84. The standard InChI is InChI=1S/C23H26ClN3O4S/c1-16-3-8-20(15-17(16)2)32(30,31)26-13-11-25(12-14-26)22(28)21-9-10-27(23(21)29)19-6-4-18(24)5-7-19/h3-8,15,21H,9-14H2,1-2H3. The van der Waals surface area contributed by atoms with E-state index in [0.717, 1.165) is 16.8 Å². The normalized spacial score (nSPS) is 20.1. The summed E-state index contributed by atoms with van der Waals surface area (Å²) in [7, 11) is -3.62. The van der Waals surface area contributed by atoms with Crippen LogP contribution in [0.15, 0.2) is 47.4 Å². The summed E-state index contributed by atoms with van der Waals surface area (Å²) in [4.78, 5) is 29.4. The Labute approximate surface area is 193 Å². The predicted molar refractivity (Wildman–Crippen MR) is 123 cm³/mol. The van der Waals surface area contributed by atoms with E-state index in [9.17, 15) is 18.0 Å². The Hall–Kier alpha value is -2.42. The maximum Gasteiger partial charge on any atom is 0.243 e. The Balaban J connectivity index is 1.40. The number of hydrogen-bond donors (Lipinski definition) is 0. The Kier molecular flexibility index (Phi) is 6.29. The number of halogens is 1. The van der Waals surface area contributed by atoms with Crippen LogP contribution in [0.3, 0.4) is 0 Å². The maximum atomic E-state index is 13.0. The summed E-state index contributed by atoms with van der Waals surface area (Å²) in [5.41, 5.74) is 2.68. The number of amides is 2. The third-order valence-electron chi connectivity index (χ3n) is 6.31. The van der Waals surface area contributed by atoms with Gasteiger partial charge in [-0.25, -0.2) is 8.42 Å². The molecule has 0 bridgehead atoms. The number of sulfonamides is 1. The highest BCUT2D eigenvalue weighted by Gasteiger charge is 2.41. The van der Waals surface area contributed by atoms with Gasteiger partial charge in [-0.15, -0.1) is 0 Å². The van der Waals surface area contributed by atoms with Crippen LogP contribution in [0.2, 0.25) is 5.02 Å². The fraction of sp³-hybridized carbons (Fsp3) is 0.391. The largest absolute Gasteiger partial charge is 0.339 e.